The minimum atomic E-state index is -2.77. The van der Waals surface area contributed by atoms with Crippen LogP contribution in [0.4, 0.5) is 0 Å². The first kappa shape index (κ1) is 33.3. The summed E-state index contributed by atoms with van der Waals surface area (Å²) in [5.74, 6) is 1.37. The molecule has 1 N–H and O–H groups in total. The van der Waals surface area contributed by atoms with Crippen molar-refractivity contribution in [3.05, 3.63) is 83.9 Å². The molecule has 0 heterocycles. The third kappa shape index (κ3) is 9.06. The van der Waals surface area contributed by atoms with E-state index in [4.69, 9.17) is 22.5 Å². The standard InChI is InChI=1S/C34H44ClNO3Si/c1-9-31(38)36-32(33(3,4)5)30(37)23-17-16-18-27(25-24-26(2)35)39-40(34(6,7)8,28-19-12-10-13-20-28)29-21-14-11-15-22-29/h1,10-17,19-22,24,27,32H,18,23,25H2,2-8H3,(H,36,38)/b17-16-,26-24+/t27-,32-/m1/s1. The largest absolute Gasteiger partial charge is 0.404 e. The van der Waals surface area contributed by atoms with E-state index in [1.807, 2.05) is 64.0 Å². The molecule has 0 radical (unpaired) electrons. The van der Waals surface area contributed by atoms with Crippen LogP contribution in [-0.2, 0) is 14.0 Å². The molecule has 0 fully saturated rings. The molecule has 0 aromatic heterocycles. The monoisotopic (exact) mass is 577 g/mol. The van der Waals surface area contributed by atoms with Crippen molar-refractivity contribution in [1.29, 1.82) is 0 Å². The summed E-state index contributed by atoms with van der Waals surface area (Å²) in [5, 5.41) is 5.64. The number of amides is 1. The quantitative estimate of drug-likeness (QED) is 0.177. The Morgan fingerprint density at radius 3 is 1.90 bits per heavy atom. The lowest BCUT2D eigenvalue weighted by atomic mass is 9.83. The Kier molecular flexibility index (Phi) is 12.2. The van der Waals surface area contributed by atoms with Crippen LogP contribution in [0.25, 0.3) is 0 Å². The molecule has 0 aliphatic carbocycles. The van der Waals surface area contributed by atoms with Crippen LogP contribution in [-0.4, -0.2) is 32.2 Å². The summed E-state index contributed by atoms with van der Waals surface area (Å²) in [6.07, 6.45) is 12.3. The maximum atomic E-state index is 13.0. The van der Waals surface area contributed by atoms with Crippen LogP contribution in [0.5, 0.6) is 0 Å². The molecule has 0 bridgehead atoms. The van der Waals surface area contributed by atoms with Gasteiger partial charge in [0, 0.05) is 11.5 Å². The molecular weight excluding hydrogens is 534 g/mol. The molecule has 0 aliphatic heterocycles. The summed E-state index contributed by atoms with van der Waals surface area (Å²) >= 11 is 6.26. The van der Waals surface area contributed by atoms with Crippen molar-refractivity contribution in [2.75, 3.05) is 0 Å². The van der Waals surface area contributed by atoms with Crippen molar-refractivity contribution in [2.45, 2.75) is 84.9 Å². The van der Waals surface area contributed by atoms with Gasteiger partial charge in [0.15, 0.2) is 5.78 Å². The maximum absolute atomic E-state index is 13.0. The van der Waals surface area contributed by atoms with E-state index in [0.717, 1.165) is 0 Å². The fourth-order valence-corrected chi connectivity index (χ4v) is 9.74. The van der Waals surface area contributed by atoms with E-state index in [1.54, 1.807) is 0 Å². The van der Waals surface area contributed by atoms with Gasteiger partial charge < -0.3 is 9.74 Å². The van der Waals surface area contributed by atoms with Gasteiger partial charge in [0.25, 0.3) is 14.2 Å². The predicted octanol–water partition coefficient (Wildman–Crippen LogP) is 6.53. The van der Waals surface area contributed by atoms with Gasteiger partial charge in [0.05, 0.1) is 12.1 Å². The van der Waals surface area contributed by atoms with E-state index in [-0.39, 0.29) is 23.3 Å². The zero-order valence-electron chi connectivity index (χ0n) is 25.0. The van der Waals surface area contributed by atoms with Crippen LogP contribution >= 0.6 is 11.6 Å². The first-order valence-electron chi connectivity index (χ1n) is 13.8. The Morgan fingerprint density at radius 1 is 0.950 bits per heavy atom. The van der Waals surface area contributed by atoms with Crippen LogP contribution in [0, 0.1) is 17.8 Å². The number of carbonyl (C=O) groups is 2. The predicted molar refractivity (Wildman–Crippen MR) is 170 cm³/mol. The van der Waals surface area contributed by atoms with Gasteiger partial charge in [0.2, 0.25) is 0 Å². The fraction of sp³-hybridized carbons (Fsp3) is 0.412. The fourth-order valence-electron chi connectivity index (χ4n) is 4.95. The molecular formula is C34H44ClNO3Si. The Hall–Kier alpha value is -2.91. The van der Waals surface area contributed by atoms with Crippen molar-refractivity contribution in [3.63, 3.8) is 0 Å². The lowest BCUT2D eigenvalue weighted by Crippen LogP contribution is -2.67. The van der Waals surface area contributed by atoms with E-state index >= 15 is 0 Å². The number of carbonyl (C=O) groups excluding carboxylic acids is 2. The number of nitrogens with one attached hydrogen (secondary N) is 1. The van der Waals surface area contributed by atoms with Gasteiger partial charge in [-0.2, -0.15) is 0 Å². The van der Waals surface area contributed by atoms with E-state index < -0.39 is 25.7 Å². The summed E-state index contributed by atoms with van der Waals surface area (Å²) < 4.78 is 7.32. The molecule has 40 heavy (non-hydrogen) atoms. The number of Topliss-reactive ketones (excluding diaryl/α,β-unsaturated/α-hetero) is 1. The second-order valence-corrected chi connectivity index (χ2v) is 17.1. The number of rotatable bonds is 12. The zero-order chi connectivity index (χ0) is 30.0. The molecule has 1 amide bonds. The second kappa shape index (κ2) is 14.6. The zero-order valence-corrected chi connectivity index (χ0v) is 26.7. The number of hydrogen-bond acceptors (Lipinski definition) is 3. The van der Waals surface area contributed by atoms with Crippen molar-refractivity contribution >= 4 is 42.0 Å². The summed E-state index contributed by atoms with van der Waals surface area (Å²) in [4.78, 5) is 24.9. The van der Waals surface area contributed by atoms with Crippen LogP contribution in [0.3, 0.4) is 0 Å². The molecule has 4 nitrogen and oxygen atoms in total. The highest BCUT2D eigenvalue weighted by Crippen LogP contribution is 2.38. The van der Waals surface area contributed by atoms with Gasteiger partial charge in [-0.1, -0.05) is 132 Å². The summed E-state index contributed by atoms with van der Waals surface area (Å²) in [7, 11) is -2.77. The molecule has 0 spiro atoms. The Labute approximate surface area is 247 Å². The molecule has 0 saturated heterocycles. The molecule has 214 valence electrons. The van der Waals surface area contributed by atoms with Gasteiger partial charge in [-0.3, -0.25) is 9.59 Å². The average molecular weight is 578 g/mol. The van der Waals surface area contributed by atoms with Crippen LogP contribution < -0.4 is 15.7 Å². The minimum Gasteiger partial charge on any atom is -0.404 e. The number of benzene rings is 2. The molecule has 2 atom stereocenters. The smallest absolute Gasteiger partial charge is 0.296 e. The Bertz CT molecular complexity index is 1170. The van der Waals surface area contributed by atoms with Gasteiger partial charge in [-0.05, 0) is 46.5 Å². The lowest BCUT2D eigenvalue weighted by molar-refractivity contribution is -0.127. The number of ketones is 1. The third-order valence-corrected chi connectivity index (χ3v) is 12.1. The van der Waals surface area contributed by atoms with E-state index in [9.17, 15) is 9.59 Å². The normalized spacial score (nSPS) is 14.4. The SMILES string of the molecule is C#CC(=O)N[C@H](C(=O)C/C=C\C[C@H](C/C=C(\C)Cl)O[Si](c1ccccc1)(c1ccccc1)C(C)(C)C)C(C)(C)C. The Morgan fingerprint density at radius 2 is 1.48 bits per heavy atom. The molecule has 0 aliphatic rings. The second-order valence-electron chi connectivity index (χ2n) is 12.2. The van der Waals surface area contributed by atoms with E-state index in [0.29, 0.717) is 17.9 Å². The summed E-state index contributed by atoms with van der Waals surface area (Å²) in [5.41, 5.74) is -0.463. The third-order valence-electron chi connectivity index (χ3n) is 6.90. The minimum absolute atomic E-state index is 0.0895. The highest BCUT2D eigenvalue weighted by molar-refractivity contribution is 6.99. The summed E-state index contributed by atoms with van der Waals surface area (Å²) in [6.45, 7) is 14.4. The molecule has 2 aromatic rings. The average Bonchev–Trinajstić information content (AvgIpc) is 2.90. The van der Waals surface area contributed by atoms with E-state index in [2.05, 4.69) is 74.6 Å². The lowest BCUT2D eigenvalue weighted by Gasteiger charge is -2.45. The van der Waals surface area contributed by atoms with Gasteiger partial charge >= 0.3 is 0 Å². The van der Waals surface area contributed by atoms with Gasteiger partial charge in [0.1, 0.15) is 0 Å². The van der Waals surface area contributed by atoms with Gasteiger partial charge in [-0.25, -0.2) is 0 Å². The van der Waals surface area contributed by atoms with Crippen molar-refractivity contribution < 1.29 is 14.0 Å². The number of terminal acetylenes is 1. The first-order chi connectivity index (χ1) is 18.7. The molecule has 0 saturated carbocycles. The highest BCUT2D eigenvalue weighted by atomic mass is 35.5. The van der Waals surface area contributed by atoms with Crippen LogP contribution in [0.1, 0.15) is 67.7 Å². The number of halogens is 1. The Balaban J connectivity index is 2.41. The molecule has 2 aromatic carbocycles. The molecule has 0 unspecified atom stereocenters. The van der Waals surface area contributed by atoms with Gasteiger partial charge in [-0.15, -0.1) is 6.42 Å². The maximum Gasteiger partial charge on any atom is 0.296 e. The van der Waals surface area contributed by atoms with E-state index in [1.165, 1.54) is 10.4 Å². The topological polar surface area (TPSA) is 55.4 Å². The molecule has 6 heteroatoms. The number of allylic oxidation sites excluding steroid dienone is 2. The highest BCUT2D eigenvalue weighted by Gasteiger charge is 2.51. The van der Waals surface area contributed by atoms with Crippen LogP contribution in [0.2, 0.25) is 5.04 Å². The van der Waals surface area contributed by atoms with Crippen LogP contribution in [0.15, 0.2) is 83.9 Å². The van der Waals surface area contributed by atoms with Crippen molar-refractivity contribution in [3.8, 4) is 12.3 Å². The van der Waals surface area contributed by atoms with Crippen molar-refractivity contribution in [1.82, 2.24) is 5.32 Å². The summed E-state index contributed by atoms with van der Waals surface area (Å²) in [6, 6.07) is 20.4. The first-order valence-corrected chi connectivity index (χ1v) is 16.1. The van der Waals surface area contributed by atoms with Crippen molar-refractivity contribution in [2.24, 2.45) is 5.41 Å². The molecule has 2 rings (SSSR count). The number of hydrogen-bond donors (Lipinski definition) is 1.